The van der Waals surface area contributed by atoms with Crippen molar-refractivity contribution in [3.63, 3.8) is 0 Å². The van der Waals surface area contributed by atoms with Crippen molar-refractivity contribution in [3.05, 3.63) is 58.1 Å². The average Bonchev–Trinajstić information content (AvgIpc) is 2.37. The van der Waals surface area contributed by atoms with Crippen LogP contribution in [0.2, 0.25) is 0 Å². The molecule has 1 amide bonds. The molecule has 6 heteroatoms. The molecule has 0 aliphatic heterocycles. The lowest BCUT2D eigenvalue weighted by Gasteiger charge is -2.05. The second-order valence-electron chi connectivity index (χ2n) is 3.52. The van der Waals surface area contributed by atoms with Gasteiger partial charge in [-0.1, -0.05) is 15.9 Å². The van der Waals surface area contributed by atoms with Crippen molar-refractivity contribution in [2.45, 2.75) is 6.54 Å². The number of carbonyl (C=O) groups is 1. The Labute approximate surface area is 111 Å². The van der Waals surface area contributed by atoms with Crippen molar-refractivity contribution in [3.8, 4) is 0 Å². The summed E-state index contributed by atoms with van der Waals surface area (Å²) in [4.78, 5) is 11.7. The molecule has 0 spiro atoms. The molecule has 0 radical (unpaired) electrons. The summed E-state index contributed by atoms with van der Waals surface area (Å²) < 4.78 is 14.1. The molecule has 0 aliphatic rings. The number of rotatable bonds is 3. The second kappa shape index (κ2) is 5.68. The van der Waals surface area contributed by atoms with Crippen LogP contribution in [-0.4, -0.2) is 16.1 Å². The molecule has 2 aromatic rings. The lowest BCUT2D eigenvalue weighted by atomic mass is 10.2. The van der Waals surface area contributed by atoms with E-state index in [-0.39, 0.29) is 12.1 Å². The van der Waals surface area contributed by atoms with Gasteiger partial charge in [0.15, 0.2) is 0 Å². The number of benzene rings is 1. The van der Waals surface area contributed by atoms with Gasteiger partial charge in [0.2, 0.25) is 0 Å². The summed E-state index contributed by atoms with van der Waals surface area (Å²) in [5.41, 5.74) is 0.616. The highest BCUT2D eigenvalue weighted by molar-refractivity contribution is 9.10. The summed E-state index contributed by atoms with van der Waals surface area (Å²) >= 11 is 3.13. The van der Waals surface area contributed by atoms with E-state index < -0.39 is 11.7 Å². The van der Waals surface area contributed by atoms with Crippen molar-refractivity contribution in [1.29, 1.82) is 0 Å². The van der Waals surface area contributed by atoms with Crippen molar-refractivity contribution in [2.24, 2.45) is 0 Å². The Bertz CT molecular complexity index is 563. The van der Waals surface area contributed by atoms with Gasteiger partial charge in [-0.25, -0.2) is 4.39 Å². The first-order valence-corrected chi connectivity index (χ1v) is 5.96. The van der Waals surface area contributed by atoms with Gasteiger partial charge in [0.25, 0.3) is 5.91 Å². The number of aromatic nitrogens is 2. The Morgan fingerprint density at radius 1 is 1.39 bits per heavy atom. The van der Waals surface area contributed by atoms with Crippen LogP contribution < -0.4 is 5.32 Å². The van der Waals surface area contributed by atoms with Crippen LogP contribution in [0.15, 0.2) is 41.0 Å². The zero-order valence-electron chi connectivity index (χ0n) is 9.23. The molecule has 1 N–H and O–H groups in total. The van der Waals surface area contributed by atoms with E-state index in [0.717, 1.165) is 0 Å². The molecule has 0 saturated heterocycles. The quantitative estimate of drug-likeness (QED) is 0.946. The summed E-state index contributed by atoms with van der Waals surface area (Å²) in [5.74, 6) is -1.05. The first-order valence-electron chi connectivity index (χ1n) is 5.16. The molecule has 18 heavy (non-hydrogen) atoms. The van der Waals surface area contributed by atoms with Gasteiger partial charge in [0.05, 0.1) is 17.8 Å². The van der Waals surface area contributed by atoms with Crippen molar-refractivity contribution in [1.82, 2.24) is 15.5 Å². The van der Waals surface area contributed by atoms with Crippen LogP contribution >= 0.6 is 15.9 Å². The predicted molar refractivity (Wildman–Crippen MR) is 67.3 cm³/mol. The van der Waals surface area contributed by atoms with Gasteiger partial charge in [0, 0.05) is 10.7 Å². The molecule has 0 aliphatic carbocycles. The van der Waals surface area contributed by atoms with Crippen LogP contribution in [0.1, 0.15) is 16.1 Å². The maximum absolute atomic E-state index is 13.5. The van der Waals surface area contributed by atoms with Crippen LogP contribution in [0.4, 0.5) is 4.39 Å². The number of hydrogen-bond acceptors (Lipinski definition) is 3. The zero-order chi connectivity index (χ0) is 13.0. The van der Waals surface area contributed by atoms with Gasteiger partial charge in [0.1, 0.15) is 5.82 Å². The van der Waals surface area contributed by atoms with Gasteiger partial charge in [-0.05, 0) is 30.3 Å². The average molecular weight is 310 g/mol. The SMILES string of the molecule is O=C(NCc1cccnn1)c1ccc(Br)cc1F. The monoisotopic (exact) mass is 309 g/mol. The maximum atomic E-state index is 13.5. The minimum absolute atomic E-state index is 0.00194. The Hall–Kier alpha value is -1.82. The van der Waals surface area contributed by atoms with E-state index in [1.165, 1.54) is 12.1 Å². The fourth-order valence-corrected chi connectivity index (χ4v) is 1.70. The third kappa shape index (κ3) is 3.10. The molecule has 0 bridgehead atoms. The summed E-state index contributed by atoms with van der Waals surface area (Å²) in [5, 5.41) is 10.1. The lowest BCUT2D eigenvalue weighted by molar-refractivity contribution is 0.0946. The third-order valence-corrected chi connectivity index (χ3v) is 2.73. The first kappa shape index (κ1) is 12.6. The number of nitrogens with zero attached hydrogens (tertiary/aromatic N) is 2. The molecule has 4 nitrogen and oxygen atoms in total. The fourth-order valence-electron chi connectivity index (χ4n) is 1.37. The largest absolute Gasteiger partial charge is 0.346 e. The lowest BCUT2D eigenvalue weighted by Crippen LogP contribution is -2.24. The standard InChI is InChI=1S/C12H9BrFN3O/c13-8-3-4-10(11(14)6-8)12(18)15-7-9-2-1-5-16-17-9/h1-6H,7H2,(H,15,18). The Morgan fingerprint density at radius 2 is 2.22 bits per heavy atom. The third-order valence-electron chi connectivity index (χ3n) is 2.23. The number of halogens is 2. The summed E-state index contributed by atoms with van der Waals surface area (Å²) in [7, 11) is 0. The second-order valence-corrected chi connectivity index (χ2v) is 4.44. The highest BCUT2D eigenvalue weighted by Crippen LogP contribution is 2.15. The van der Waals surface area contributed by atoms with Crippen LogP contribution in [0, 0.1) is 5.82 Å². The molecule has 1 aromatic heterocycles. The molecule has 1 heterocycles. The maximum Gasteiger partial charge on any atom is 0.254 e. The molecular weight excluding hydrogens is 301 g/mol. The van der Waals surface area contributed by atoms with Crippen molar-refractivity contribution >= 4 is 21.8 Å². The smallest absolute Gasteiger partial charge is 0.254 e. The van der Waals surface area contributed by atoms with E-state index in [1.807, 2.05) is 0 Å². The van der Waals surface area contributed by atoms with Crippen LogP contribution in [0.3, 0.4) is 0 Å². The summed E-state index contributed by atoms with van der Waals surface area (Å²) in [6.45, 7) is 0.210. The predicted octanol–water partition coefficient (Wildman–Crippen LogP) is 2.31. The molecular formula is C12H9BrFN3O. The number of amides is 1. The number of hydrogen-bond donors (Lipinski definition) is 1. The highest BCUT2D eigenvalue weighted by atomic mass is 79.9. The Balaban J connectivity index is 2.04. The van der Waals surface area contributed by atoms with E-state index in [9.17, 15) is 9.18 Å². The minimum Gasteiger partial charge on any atom is -0.346 e. The number of nitrogens with one attached hydrogen (secondary N) is 1. The normalized spacial score (nSPS) is 10.1. The molecule has 92 valence electrons. The van der Waals surface area contributed by atoms with Gasteiger partial charge < -0.3 is 5.32 Å². The molecule has 0 unspecified atom stereocenters. The van der Waals surface area contributed by atoms with Gasteiger partial charge in [-0.3, -0.25) is 4.79 Å². The molecule has 2 rings (SSSR count). The van der Waals surface area contributed by atoms with Crippen molar-refractivity contribution < 1.29 is 9.18 Å². The topological polar surface area (TPSA) is 54.9 Å². The fraction of sp³-hybridized carbons (Fsp3) is 0.0833. The molecule has 0 fully saturated rings. The summed E-state index contributed by atoms with van der Waals surface area (Å²) in [6.07, 6.45) is 1.54. The van der Waals surface area contributed by atoms with Crippen LogP contribution in [0.25, 0.3) is 0 Å². The van der Waals surface area contributed by atoms with Crippen molar-refractivity contribution in [2.75, 3.05) is 0 Å². The summed E-state index contributed by atoms with van der Waals surface area (Å²) in [6, 6.07) is 7.73. The van der Waals surface area contributed by atoms with E-state index in [2.05, 4.69) is 31.4 Å². The minimum atomic E-state index is -0.568. The molecule has 0 saturated carbocycles. The van der Waals surface area contributed by atoms with Gasteiger partial charge in [-0.15, -0.1) is 0 Å². The van der Waals surface area contributed by atoms with E-state index in [1.54, 1.807) is 24.4 Å². The Kier molecular flexibility index (Phi) is 3.99. The van der Waals surface area contributed by atoms with E-state index in [0.29, 0.717) is 10.2 Å². The van der Waals surface area contributed by atoms with Gasteiger partial charge in [-0.2, -0.15) is 10.2 Å². The molecule has 0 atom stereocenters. The first-order chi connectivity index (χ1) is 8.66. The van der Waals surface area contributed by atoms with E-state index >= 15 is 0 Å². The Morgan fingerprint density at radius 3 is 2.89 bits per heavy atom. The number of carbonyl (C=O) groups excluding carboxylic acids is 1. The molecule has 1 aromatic carbocycles. The van der Waals surface area contributed by atoms with Gasteiger partial charge >= 0.3 is 0 Å². The zero-order valence-corrected chi connectivity index (χ0v) is 10.8. The van der Waals surface area contributed by atoms with E-state index in [4.69, 9.17) is 0 Å². The van der Waals surface area contributed by atoms with Crippen LogP contribution in [-0.2, 0) is 6.54 Å². The van der Waals surface area contributed by atoms with Crippen LogP contribution in [0.5, 0.6) is 0 Å². The highest BCUT2D eigenvalue weighted by Gasteiger charge is 2.11.